The summed E-state index contributed by atoms with van der Waals surface area (Å²) in [6.45, 7) is 0.897. The van der Waals surface area contributed by atoms with E-state index in [1.165, 1.54) is 12.1 Å². The number of carboxylic acids is 1. The predicted octanol–water partition coefficient (Wildman–Crippen LogP) is 2.22. The van der Waals surface area contributed by atoms with Crippen LogP contribution in [-0.4, -0.2) is 35.0 Å². The molecule has 1 aliphatic rings. The largest absolute Gasteiger partial charge is 0.481 e. The molecule has 1 aromatic carbocycles. The molecule has 21 heavy (non-hydrogen) atoms. The summed E-state index contributed by atoms with van der Waals surface area (Å²) in [6, 6.07) is 3.76. The first-order valence-electron chi connectivity index (χ1n) is 6.90. The Morgan fingerprint density at radius 3 is 2.81 bits per heavy atom. The van der Waals surface area contributed by atoms with Crippen LogP contribution in [0, 0.1) is 17.6 Å². The Morgan fingerprint density at radius 1 is 1.33 bits per heavy atom. The number of hydrogen-bond acceptors (Lipinski definition) is 2. The number of benzene rings is 1. The second-order valence-electron chi connectivity index (χ2n) is 5.34. The normalized spacial score (nSPS) is 18.6. The number of amides is 1. The summed E-state index contributed by atoms with van der Waals surface area (Å²) < 4.78 is 26.7. The van der Waals surface area contributed by atoms with Gasteiger partial charge in [-0.3, -0.25) is 9.59 Å². The molecule has 0 radical (unpaired) electrons. The van der Waals surface area contributed by atoms with Gasteiger partial charge in [0.15, 0.2) is 11.6 Å². The van der Waals surface area contributed by atoms with E-state index in [0.29, 0.717) is 13.1 Å². The fourth-order valence-corrected chi connectivity index (χ4v) is 2.66. The summed E-state index contributed by atoms with van der Waals surface area (Å²) in [6.07, 6.45) is 1.32. The van der Waals surface area contributed by atoms with Crippen LogP contribution in [0.15, 0.2) is 18.2 Å². The highest BCUT2D eigenvalue weighted by Crippen LogP contribution is 2.21. The van der Waals surface area contributed by atoms with E-state index in [0.717, 1.165) is 18.9 Å². The van der Waals surface area contributed by atoms with Crippen molar-refractivity contribution in [2.24, 2.45) is 5.92 Å². The molecule has 0 aliphatic carbocycles. The van der Waals surface area contributed by atoms with Crippen molar-refractivity contribution in [2.45, 2.75) is 25.7 Å². The summed E-state index contributed by atoms with van der Waals surface area (Å²) in [5.74, 6) is -3.22. The monoisotopic (exact) mass is 297 g/mol. The minimum Gasteiger partial charge on any atom is -0.481 e. The SMILES string of the molecule is O=C(O)CC1CCCN(C(=O)Cc2cccc(F)c2F)C1. The van der Waals surface area contributed by atoms with E-state index in [9.17, 15) is 18.4 Å². The van der Waals surface area contributed by atoms with E-state index >= 15 is 0 Å². The maximum atomic E-state index is 13.6. The zero-order valence-corrected chi connectivity index (χ0v) is 11.5. The standard InChI is InChI=1S/C15H17F2NO3/c16-12-5-1-4-11(15(12)17)8-13(19)18-6-2-3-10(9-18)7-14(20)21/h1,4-5,10H,2-3,6-9H2,(H,20,21). The molecule has 1 fully saturated rings. The molecule has 1 amide bonds. The van der Waals surface area contributed by atoms with Crippen LogP contribution in [0.4, 0.5) is 8.78 Å². The van der Waals surface area contributed by atoms with Gasteiger partial charge in [-0.25, -0.2) is 8.78 Å². The first kappa shape index (κ1) is 15.4. The van der Waals surface area contributed by atoms with Gasteiger partial charge in [-0.05, 0) is 24.8 Å². The molecule has 1 N–H and O–H groups in total. The number of aliphatic carboxylic acids is 1. The van der Waals surface area contributed by atoms with Gasteiger partial charge in [0.05, 0.1) is 6.42 Å². The van der Waals surface area contributed by atoms with E-state index in [1.807, 2.05) is 0 Å². The molecule has 2 rings (SSSR count). The summed E-state index contributed by atoms with van der Waals surface area (Å²) in [5, 5.41) is 8.80. The van der Waals surface area contributed by atoms with Crippen molar-refractivity contribution in [3.63, 3.8) is 0 Å². The minimum atomic E-state index is -0.995. The number of halogens is 2. The van der Waals surface area contributed by atoms with Gasteiger partial charge in [0, 0.05) is 25.1 Å². The maximum Gasteiger partial charge on any atom is 0.303 e. The van der Waals surface area contributed by atoms with Crippen LogP contribution in [0.1, 0.15) is 24.8 Å². The van der Waals surface area contributed by atoms with Crippen LogP contribution in [0.2, 0.25) is 0 Å². The lowest BCUT2D eigenvalue weighted by Gasteiger charge is -2.32. The van der Waals surface area contributed by atoms with Crippen molar-refractivity contribution in [3.8, 4) is 0 Å². The molecule has 0 bridgehead atoms. The van der Waals surface area contributed by atoms with Crippen LogP contribution in [0.5, 0.6) is 0 Å². The fraction of sp³-hybridized carbons (Fsp3) is 0.467. The molecule has 1 saturated heterocycles. The lowest BCUT2D eigenvalue weighted by molar-refractivity contribution is -0.140. The average Bonchev–Trinajstić information content (AvgIpc) is 2.43. The number of likely N-dealkylation sites (tertiary alicyclic amines) is 1. The Morgan fingerprint density at radius 2 is 2.10 bits per heavy atom. The third-order valence-corrected chi connectivity index (χ3v) is 3.71. The zero-order chi connectivity index (χ0) is 15.4. The summed E-state index contributed by atoms with van der Waals surface area (Å²) in [5.41, 5.74) is 0.0281. The molecular formula is C15H17F2NO3. The van der Waals surface area contributed by atoms with Crippen molar-refractivity contribution in [3.05, 3.63) is 35.4 Å². The first-order chi connectivity index (χ1) is 9.97. The van der Waals surface area contributed by atoms with Crippen molar-refractivity contribution < 1.29 is 23.5 Å². The highest BCUT2D eigenvalue weighted by atomic mass is 19.2. The van der Waals surface area contributed by atoms with E-state index in [1.54, 1.807) is 4.90 Å². The lowest BCUT2D eigenvalue weighted by Crippen LogP contribution is -2.41. The van der Waals surface area contributed by atoms with E-state index in [-0.39, 0.29) is 30.2 Å². The quantitative estimate of drug-likeness (QED) is 0.927. The Kier molecular flexibility index (Phi) is 4.88. The molecular weight excluding hydrogens is 280 g/mol. The Bertz CT molecular complexity index is 548. The Balaban J connectivity index is 1.99. The summed E-state index contributed by atoms with van der Waals surface area (Å²) >= 11 is 0. The zero-order valence-electron chi connectivity index (χ0n) is 11.5. The highest BCUT2D eigenvalue weighted by Gasteiger charge is 2.25. The number of carbonyl (C=O) groups is 2. The van der Waals surface area contributed by atoms with Crippen molar-refractivity contribution in [1.82, 2.24) is 4.90 Å². The molecule has 4 nitrogen and oxygen atoms in total. The molecule has 0 saturated carbocycles. The molecule has 1 atom stereocenters. The van der Waals surface area contributed by atoms with Gasteiger partial charge in [-0.1, -0.05) is 12.1 Å². The van der Waals surface area contributed by atoms with Gasteiger partial charge in [-0.15, -0.1) is 0 Å². The molecule has 6 heteroatoms. The van der Waals surface area contributed by atoms with Crippen LogP contribution in [0.25, 0.3) is 0 Å². The second kappa shape index (κ2) is 6.65. The number of rotatable bonds is 4. The molecule has 1 heterocycles. The minimum absolute atomic E-state index is 0.0259. The van der Waals surface area contributed by atoms with Gasteiger partial charge in [0.1, 0.15) is 0 Å². The van der Waals surface area contributed by atoms with E-state index in [4.69, 9.17) is 5.11 Å². The Hall–Kier alpha value is -1.98. The van der Waals surface area contributed by atoms with Crippen molar-refractivity contribution in [1.29, 1.82) is 0 Å². The molecule has 1 unspecified atom stereocenters. The third-order valence-electron chi connectivity index (χ3n) is 3.71. The molecule has 114 valence electrons. The van der Waals surface area contributed by atoms with Crippen LogP contribution in [-0.2, 0) is 16.0 Å². The van der Waals surface area contributed by atoms with Gasteiger partial charge in [0.2, 0.25) is 5.91 Å². The lowest BCUT2D eigenvalue weighted by atomic mass is 9.94. The first-order valence-corrected chi connectivity index (χ1v) is 6.90. The third kappa shape index (κ3) is 4.00. The van der Waals surface area contributed by atoms with Gasteiger partial charge in [-0.2, -0.15) is 0 Å². The van der Waals surface area contributed by atoms with Gasteiger partial charge < -0.3 is 10.0 Å². The smallest absolute Gasteiger partial charge is 0.303 e. The maximum absolute atomic E-state index is 13.6. The molecule has 0 spiro atoms. The predicted molar refractivity (Wildman–Crippen MR) is 71.6 cm³/mol. The van der Waals surface area contributed by atoms with Gasteiger partial charge >= 0.3 is 5.97 Å². The average molecular weight is 297 g/mol. The van der Waals surface area contributed by atoms with Crippen molar-refractivity contribution >= 4 is 11.9 Å². The summed E-state index contributed by atoms with van der Waals surface area (Å²) in [4.78, 5) is 24.4. The molecule has 0 aromatic heterocycles. The van der Waals surface area contributed by atoms with Gasteiger partial charge in [0.25, 0.3) is 0 Å². The number of piperidine rings is 1. The van der Waals surface area contributed by atoms with Crippen LogP contribution < -0.4 is 0 Å². The second-order valence-corrected chi connectivity index (χ2v) is 5.34. The molecule has 1 aliphatic heterocycles. The fourth-order valence-electron chi connectivity index (χ4n) is 2.66. The van der Waals surface area contributed by atoms with Crippen LogP contribution in [0.3, 0.4) is 0 Å². The molecule has 1 aromatic rings. The highest BCUT2D eigenvalue weighted by molar-refractivity contribution is 5.79. The van der Waals surface area contributed by atoms with Crippen molar-refractivity contribution in [2.75, 3.05) is 13.1 Å². The number of nitrogens with zero attached hydrogens (tertiary/aromatic N) is 1. The Labute approximate surface area is 121 Å². The number of carbonyl (C=O) groups excluding carboxylic acids is 1. The summed E-state index contributed by atoms with van der Waals surface area (Å²) in [7, 11) is 0. The number of hydrogen-bond donors (Lipinski definition) is 1. The van der Waals surface area contributed by atoms with E-state index < -0.39 is 17.6 Å². The van der Waals surface area contributed by atoms with Crippen LogP contribution >= 0.6 is 0 Å². The van der Waals surface area contributed by atoms with E-state index in [2.05, 4.69) is 0 Å². The number of carboxylic acid groups (broad SMARTS) is 1. The topological polar surface area (TPSA) is 57.6 Å².